The largest absolute Gasteiger partial charge is 0.326 e. The molecule has 9 heteroatoms. The van der Waals surface area contributed by atoms with Gasteiger partial charge in [0.25, 0.3) is 5.56 Å². The van der Waals surface area contributed by atoms with E-state index in [2.05, 4.69) is 21.7 Å². The van der Waals surface area contributed by atoms with Gasteiger partial charge in [-0.25, -0.2) is 4.39 Å². The highest BCUT2D eigenvalue weighted by molar-refractivity contribution is 6.31. The van der Waals surface area contributed by atoms with Crippen molar-refractivity contribution >= 4 is 34.8 Å². The zero-order chi connectivity index (χ0) is 30.2. The van der Waals surface area contributed by atoms with Crippen LogP contribution in [0.3, 0.4) is 0 Å². The molecule has 2 aliphatic carbocycles. The van der Waals surface area contributed by atoms with Crippen LogP contribution in [0.25, 0.3) is 16.9 Å². The number of halogens is 2. The van der Waals surface area contributed by atoms with Crippen molar-refractivity contribution in [1.29, 1.82) is 0 Å². The Bertz CT molecular complexity index is 1930. The van der Waals surface area contributed by atoms with E-state index in [1.165, 1.54) is 6.07 Å². The third-order valence-corrected chi connectivity index (χ3v) is 9.51. The molecule has 218 valence electrons. The average Bonchev–Trinajstić information content (AvgIpc) is 3.89. The van der Waals surface area contributed by atoms with Gasteiger partial charge in [0.1, 0.15) is 5.02 Å². The van der Waals surface area contributed by atoms with Crippen LogP contribution in [0.15, 0.2) is 59.5 Å². The lowest BCUT2D eigenvalue weighted by Gasteiger charge is -2.17. The Kier molecular flexibility index (Phi) is 6.32. The van der Waals surface area contributed by atoms with Crippen LogP contribution in [0, 0.1) is 25.1 Å². The van der Waals surface area contributed by atoms with Crippen molar-refractivity contribution in [2.24, 2.45) is 5.41 Å². The van der Waals surface area contributed by atoms with E-state index in [1.54, 1.807) is 29.0 Å². The molecule has 1 aliphatic heterocycles. The molecule has 7 rings (SSSR count). The number of carbonyl (C=O) groups excluding carboxylic acids is 2. The second kappa shape index (κ2) is 9.88. The lowest BCUT2D eigenvalue weighted by Crippen LogP contribution is -2.23. The number of aryl methyl sites for hydroxylation is 2. The van der Waals surface area contributed by atoms with Gasteiger partial charge in [0.2, 0.25) is 11.8 Å². The Labute approximate surface area is 253 Å². The van der Waals surface area contributed by atoms with Crippen molar-refractivity contribution < 1.29 is 14.0 Å². The lowest BCUT2D eigenvalue weighted by atomic mass is 10.0. The van der Waals surface area contributed by atoms with E-state index < -0.39 is 11.2 Å². The van der Waals surface area contributed by atoms with E-state index in [1.807, 2.05) is 39.0 Å². The highest BCUT2D eigenvalue weighted by Gasteiger charge is 2.45. The molecule has 2 fully saturated rings. The quantitative estimate of drug-likeness (QED) is 0.256. The molecule has 43 heavy (non-hydrogen) atoms. The maximum Gasteiger partial charge on any atom is 0.274 e. The van der Waals surface area contributed by atoms with Crippen LogP contribution in [-0.4, -0.2) is 21.4 Å². The van der Waals surface area contributed by atoms with Gasteiger partial charge in [-0.3, -0.25) is 23.9 Å². The fourth-order valence-electron chi connectivity index (χ4n) is 6.09. The third-order valence-electron chi connectivity index (χ3n) is 9.13. The van der Waals surface area contributed by atoms with Crippen molar-refractivity contribution in [3.05, 3.63) is 104 Å². The van der Waals surface area contributed by atoms with E-state index in [-0.39, 0.29) is 45.5 Å². The SMILES string of the molecule is Cc1cnc(-c2cccc(NC(=O)C3(C)CC3)c2F)cc1-n1c(C)cc([C@H]2C[C@@H]2c2ccc3c(c2)NC(=O)C3)c(Cl)c1=O. The predicted octanol–water partition coefficient (Wildman–Crippen LogP) is 6.81. The molecule has 4 aromatic rings. The van der Waals surface area contributed by atoms with Gasteiger partial charge in [0.15, 0.2) is 5.82 Å². The molecule has 0 bridgehead atoms. The molecular formula is C34H30ClFN4O3. The van der Waals surface area contributed by atoms with Crippen LogP contribution in [0.2, 0.25) is 5.02 Å². The Morgan fingerprint density at radius 2 is 1.91 bits per heavy atom. The van der Waals surface area contributed by atoms with E-state index in [0.29, 0.717) is 23.5 Å². The smallest absolute Gasteiger partial charge is 0.274 e. The lowest BCUT2D eigenvalue weighted by molar-refractivity contribution is -0.120. The van der Waals surface area contributed by atoms with Crippen molar-refractivity contribution in [3.63, 3.8) is 0 Å². The summed E-state index contributed by atoms with van der Waals surface area (Å²) in [5, 5.41) is 5.80. The Morgan fingerprint density at radius 3 is 2.67 bits per heavy atom. The molecule has 2 amide bonds. The number of nitrogens with zero attached hydrogens (tertiary/aromatic N) is 2. The maximum absolute atomic E-state index is 15.6. The molecule has 7 nitrogen and oxygen atoms in total. The topological polar surface area (TPSA) is 93.1 Å². The summed E-state index contributed by atoms with van der Waals surface area (Å²) >= 11 is 6.76. The van der Waals surface area contributed by atoms with Gasteiger partial charge in [0, 0.05) is 28.6 Å². The van der Waals surface area contributed by atoms with E-state index in [4.69, 9.17) is 11.6 Å². The number of fused-ring (bicyclic) bond motifs is 1. The monoisotopic (exact) mass is 596 g/mol. The molecule has 2 saturated carbocycles. The number of anilines is 2. The summed E-state index contributed by atoms with van der Waals surface area (Å²) in [6.45, 7) is 5.57. The van der Waals surface area contributed by atoms with Crippen LogP contribution < -0.4 is 16.2 Å². The molecule has 2 atom stereocenters. The maximum atomic E-state index is 15.6. The van der Waals surface area contributed by atoms with Gasteiger partial charge >= 0.3 is 0 Å². The molecule has 2 aromatic heterocycles. The highest BCUT2D eigenvalue weighted by Crippen LogP contribution is 2.56. The normalized spacial score (nSPS) is 19.5. The number of nitrogens with one attached hydrogen (secondary N) is 2. The van der Waals surface area contributed by atoms with E-state index >= 15 is 4.39 Å². The van der Waals surface area contributed by atoms with Crippen molar-refractivity contribution in [1.82, 2.24) is 9.55 Å². The second-order valence-corrected chi connectivity index (χ2v) is 12.7. The molecular weight excluding hydrogens is 567 g/mol. The molecule has 0 saturated heterocycles. The summed E-state index contributed by atoms with van der Waals surface area (Å²) in [6, 6.07) is 14.5. The first-order valence-corrected chi connectivity index (χ1v) is 14.8. The van der Waals surface area contributed by atoms with Gasteiger partial charge in [-0.2, -0.15) is 0 Å². The number of amides is 2. The highest BCUT2D eigenvalue weighted by atomic mass is 35.5. The number of hydrogen-bond donors (Lipinski definition) is 2. The van der Waals surface area contributed by atoms with Crippen LogP contribution in [0.1, 0.15) is 66.0 Å². The molecule has 3 aliphatic rings. The van der Waals surface area contributed by atoms with Crippen molar-refractivity contribution in [2.45, 2.75) is 58.3 Å². The first-order chi connectivity index (χ1) is 20.5. The molecule has 0 unspecified atom stereocenters. The summed E-state index contributed by atoms with van der Waals surface area (Å²) < 4.78 is 17.2. The standard InChI is InChI=1S/C34H30ClFN4O3/c1-17-16-37-27(21-5-4-6-25(31(21)36)39-33(43)34(3)9-10-34)15-28(17)40-18(2)11-24(30(35)32(40)42)23-14-22(23)19-7-8-20-13-29(41)38-26(20)12-19/h4-8,11-12,15-16,22-23H,9-10,13-14H2,1-3H3,(H,38,41)(H,39,43)/t22-,23+/m1/s1. The van der Waals surface area contributed by atoms with Crippen molar-refractivity contribution in [2.75, 3.05) is 10.6 Å². The van der Waals surface area contributed by atoms with Gasteiger partial charge in [-0.05, 0) is 97.5 Å². The molecule has 0 spiro atoms. The van der Waals surface area contributed by atoms with Crippen LogP contribution in [-0.2, 0) is 16.0 Å². The number of aromatic nitrogens is 2. The van der Waals surface area contributed by atoms with Gasteiger partial charge in [-0.15, -0.1) is 0 Å². The summed E-state index contributed by atoms with van der Waals surface area (Å²) in [4.78, 5) is 42.6. The average molecular weight is 597 g/mol. The first-order valence-electron chi connectivity index (χ1n) is 14.5. The Balaban J connectivity index is 1.20. The van der Waals surface area contributed by atoms with Crippen LogP contribution in [0.4, 0.5) is 15.8 Å². The second-order valence-electron chi connectivity index (χ2n) is 12.3. The molecule has 0 radical (unpaired) electrons. The molecule has 2 aromatic carbocycles. The molecule has 2 N–H and O–H groups in total. The zero-order valence-corrected chi connectivity index (χ0v) is 24.8. The van der Waals surface area contributed by atoms with Crippen LogP contribution >= 0.6 is 11.6 Å². The number of benzene rings is 2. The first kappa shape index (κ1) is 27.5. The minimum Gasteiger partial charge on any atom is -0.326 e. The van der Waals surface area contributed by atoms with Crippen LogP contribution in [0.5, 0.6) is 0 Å². The van der Waals surface area contributed by atoms with Gasteiger partial charge in [-0.1, -0.05) is 36.7 Å². The third kappa shape index (κ3) is 4.74. The zero-order valence-electron chi connectivity index (χ0n) is 24.1. The molecule has 3 heterocycles. The Morgan fingerprint density at radius 1 is 1.12 bits per heavy atom. The number of hydrogen-bond acceptors (Lipinski definition) is 4. The number of pyridine rings is 2. The minimum absolute atomic E-state index is 0.00142. The van der Waals surface area contributed by atoms with Crippen molar-refractivity contribution in [3.8, 4) is 16.9 Å². The fraction of sp³-hybridized carbons (Fsp3) is 0.294. The van der Waals surface area contributed by atoms with Gasteiger partial charge in [0.05, 0.1) is 23.5 Å². The van der Waals surface area contributed by atoms with E-state index in [9.17, 15) is 14.4 Å². The summed E-state index contributed by atoms with van der Waals surface area (Å²) in [5.74, 6) is -0.462. The fourth-order valence-corrected chi connectivity index (χ4v) is 6.37. The number of rotatable bonds is 6. The number of carbonyl (C=O) groups is 2. The predicted molar refractivity (Wildman–Crippen MR) is 165 cm³/mol. The van der Waals surface area contributed by atoms with Gasteiger partial charge < -0.3 is 10.6 Å². The summed E-state index contributed by atoms with van der Waals surface area (Å²) in [5.41, 5.74) is 5.64. The van der Waals surface area contributed by atoms with E-state index in [0.717, 1.165) is 47.2 Å². The summed E-state index contributed by atoms with van der Waals surface area (Å²) in [7, 11) is 0. The minimum atomic E-state index is -0.578. The Hall–Kier alpha value is -4.30. The summed E-state index contributed by atoms with van der Waals surface area (Å²) in [6.07, 6.45) is 4.44.